The van der Waals surface area contributed by atoms with Crippen molar-refractivity contribution in [1.29, 1.82) is 0 Å². The Kier molecular flexibility index (Phi) is 5.20. The van der Waals surface area contributed by atoms with E-state index in [2.05, 4.69) is 10.1 Å². The lowest BCUT2D eigenvalue weighted by molar-refractivity contribution is -0.140. The van der Waals surface area contributed by atoms with Crippen LogP contribution >= 0.6 is 0 Å². The van der Waals surface area contributed by atoms with Crippen molar-refractivity contribution < 1.29 is 14.3 Å². The molecule has 1 aromatic carbocycles. The lowest BCUT2D eigenvalue weighted by Crippen LogP contribution is -2.30. The highest BCUT2D eigenvalue weighted by Crippen LogP contribution is 2.26. The first-order valence-electron chi connectivity index (χ1n) is 7.31. The van der Waals surface area contributed by atoms with E-state index in [-0.39, 0.29) is 11.9 Å². The number of fused-ring (bicyclic) bond motifs is 1. The highest BCUT2D eigenvalue weighted by Gasteiger charge is 2.19. The molecule has 114 valence electrons. The average molecular weight is 290 g/mol. The highest BCUT2D eigenvalue weighted by molar-refractivity contribution is 5.97. The SMILES string of the molecule is COC(=O)CCCN(C)C(=O)c1cccc2c1CCCN2. The van der Waals surface area contributed by atoms with Gasteiger partial charge in [0, 0.05) is 37.8 Å². The Balaban J connectivity index is 2.01. The smallest absolute Gasteiger partial charge is 0.305 e. The quantitative estimate of drug-likeness (QED) is 0.843. The van der Waals surface area contributed by atoms with E-state index in [1.165, 1.54) is 7.11 Å². The summed E-state index contributed by atoms with van der Waals surface area (Å²) in [5, 5.41) is 3.33. The van der Waals surface area contributed by atoms with E-state index in [4.69, 9.17) is 0 Å². The van der Waals surface area contributed by atoms with E-state index >= 15 is 0 Å². The van der Waals surface area contributed by atoms with Crippen LogP contribution < -0.4 is 5.32 Å². The van der Waals surface area contributed by atoms with E-state index in [0.717, 1.165) is 36.2 Å². The molecule has 5 nitrogen and oxygen atoms in total. The molecule has 1 aliphatic rings. The second-order valence-electron chi connectivity index (χ2n) is 5.27. The first kappa shape index (κ1) is 15.4. The number of nitrogens with zero attached hydrogens (tertiary/aromatic N) is 1. The standard InChI is InChI=1S/C16H22N2O3/c1-18(11-5-9-15(19)21-2)16(20)13-6-3-8-14-12(13)7-4-10-17-14/h3,6,8,17H,4-5,7,9-11H2,1-2H3. The predicted molar refractivity (Wildman–Crippen MR) is 81.5 cm³/mol. The Morgan fingerprint density at radius 1 is 1.38 bits per heavy atom. The second-order valence-corrected chi connectivity index (χ2v) is 5.27. The molecule has 1 N–H and O–H groups in total. The van der Waals surface area contributed by atoms with E-state index in [0.29, 0.717) is 19.4 Å². The molecule has 0 bridgehead atoms. The summed E-state index contributed by atoms with van der Waals surface area (Å²) in [7, 11) is 3.15. The third-order valence-corrected chi connectivity index (χ3v) is 3.77. The largest absolute Gasteiger partial charge is 0.469 e. The molecule has 5 heteroatoms. The minimum Gasteiger partial charge on any atom is -0.469 e. The highest BCUT2D eigenvalue weighted by atomic mass is 16.5. The van der Waals surface area contributed by atoms with E-state index < -0.39 is 0 Å². The van der Waals surface area contributed by atoms with Crippen molar-refractivity contribution in [2.24, 2.45) is 0 Å². The summed E-state index contributed by atoms with van der Waals surface area (Å²) in [6, 6.07) is 5.81. The van der Waals surface area contributed by atoms with Crippen LogP contribution in [0, 0.1) is 0 Å². The number of rotatable bonds is 5. The number of ether oxygens (including phenoxy) is 1. The van der Waals surface area contributed by atoms with Crippen LogP contribution in [0.2, 0.25) is 0 Å². The molecular formula is C16H22N2O3. The fourth-order valence-electron chi connectivity index (χ4n) is 2.58. The average Bonchev–Trinajstić information content (AvgIpc) is 2.53. The number of methoxy groups -OCH3 is 1. The minimum atomic E-state index is -0.239. The number of nitrogens with one attached hydrogen (secondary N) is 1. The van der Waals surface area contributed by atoms with E-state index in [1.54, 1.807) is 11.9 Å². The Labute approximate surface area is 125 Å². The molecule has 1 amide bonds. The van der Waals surface area contributed by atoms with Crippen molar-refractivity contribution in [3.63, 3.8) is 0 Å². The van der Waals surface area contributed by atoms with Gasteiger partial charge in [-0.3, -0.25) is 9.59 Å². The van der Waals surface area contributed by atoms with Gasteiger partial charge in [0.2, 0.25) is 0 Å². The van der Waals surface area contributed by atoms with Gasteiger partial charge in [0.05, 0.1) is 7.11 Å². The monoisotopic (exact) mass is 290 g/mol. The maximum atomic E-state index is 12.5. The molecule has 0 saturated carbocycles. The Bertz CT molecular complexity index is 528. The topological polar surface area (TPSA) is 58.6 Å². The Hall–Kier alpha value is -2.04. The summed E-state index contributed by atoms with van der Waals surface area (Å²) in [6.45, 7) is 1.50. The molecule has 0 saturated heterocycles. The van der Waals surface area contributed by atoms with Gasteiger partial charge in [0.1, 0.15) is 0 Å². The number of hydrogen-bond acceptors (Lipinski definition) is 4. The van der Waals surface area contributed by atoms with E-state index in [1.807, 2.05) is 18.2 Å². The molecule has 1 aromatic rings. The fraction of sp³-hybridized carbons (Fsp3) is 0.500. The number of anilines is 1. The minimum absolute atomic E-state index is 0.0143. The van der Waals surface area contributed by atoms with Gasteiger partial charge < -0.3 is 15.0 Å². The number of esters is 1. The summed E-state index contributed by atoms with van der Waals surface area (Å²) in [5.41, 5.74) is 2.93. The van der Waals surface area contributed by atoms with Crippen molar-refractivity contribution in [1.82, 2.24) is 4.90 Å². The molecular weight excluding hydrogens is 268 g/mol. The van der Waals surface area contributed by atoms with Crippen LogP contribution in [0.1, 0.15) is 35.2 Å². The van der Waals surface area contributed by atoms with Crippen molar-refractivity contribution in [2.75, 3.05) is 32.6 Å². The first-order valence-corrected chi connectivity index (χ1v) is 7.31. The normalized spacial score (nSPS) is 13.0. The molecule has 1 aliphatic heterocycles. The second kappa shape index (κ2) is 7.11. The molecule has 0 unspecified atom stereocenters. The van der Waals surface area contributed by atoms with Crippen molar-refractivity contribution in [3.05, 3.63) is 29.3 Å². The zero-order valence-corrected chi connectivity index (χ0v) is 12.6. The number of amides is 1. The third-order valence-electron chi connectivity index (χ3n) is 3.77. The molecule has 21 heavy (non-hydrogen) atoms. The van der Waals surface area contributed by atoms with Crippen molar-refractivity contribution in [3.8, 4) is 0 Å². The Morgan fingerprint density at radius 3 is 2.95 bits per heavy atom. The van der Waals surface area contributed by atoms with E-state index in [9.17, 15) is 9.59 Å². The summed E-state index contributed by atoms with van der Waals surface area (Å²) in [6.07, 6.45) is 2.92. The van der Waals surface area contributed by atoms with Crippen LogP contribution in [0.5, 0.6) is 0 Å². The van der Waals surface area contributed by atoms with Gasteiger partial charge in [0.15, 0.2) is 0 Å². The maximum absolute atomic E-state index is 12.5. The van der Waals surface area contributed by atoms with Crippen LogP contribution in [-0.4, -0.2) is 44.0 Å². The number of benzene rings is 1. The third kappa shape index (κ3) is 3.74. The van der Waals surface area contributed by atoms with Crippen LogP contribution in [0.25, 0.3) is 0 Å². The van der Waals surface area contributed by atoms with Gasteiger partial charge in [-0.25, -0.2) is 0 Å². The molecule has 0 atom stereocenters. The fourth-order valence-corrected chi connectivity index (χ4v) is 2.58. The van der Waals surface area contributed by atoms with Crippen molar-refractivity contribution in [2.45, 2.75) is 25.7 Å². The summed E-state index contributed by atoms with van der Waals surface area (Å²) < 4.78 is 4.60. The molecule has 0 aliphatic carbocycles. The van der Waals surface area contributed by atoms with Gasteiger partial charge in [-0.1, -0.05) is 6.07 Å². The van der Waals surface area contributed by atoms with Crippen LogP contribution in [-0.2, 0) is 16.0 Å². The summed E-state index contributed by atoms with van der Waals surface area (Å²) >= 11 is 0. The number of carbonyl (C=O) groups is 2. The van der Waals surface area contributed by atoms with Crippen LogP contribution in [0.3, 0.4) is 0 Å². The lowest BCUT2D eigenvalue weighted by Gasteiger charge is -2.23. The zero-order valence-electron chi connectivity index (χ0n) is 12.6. The maximum Gasteiger partial charge on any atom is 0.305 e. The van der Waals surface area contributed by atoms with Gasteiger partial charge in [-0.2, -0.15) is 0 Å². The van der Waals surface area contributed by atoms with Gasteiger partial charge >= 0.3 is 5.97 Å². The summed E-state index contributed by atoms with van der Waals surface area (Å²) in [5.74, 6) is -0.224. The number of carbonyl (C=O) groups excluding carboxylic acids is 2. The predicted octanol–water partition coefficient (Wildman–Crippen LogP) is 2.07. The Morgan fingerprint density at radius 2 is 2.19 bits per heavy atom. The zero-order chi connectivity index (χ0) is 15.2. The first-order chi connectivity index (χ1) is 10.1. The van der Waals surface area contributed by atoms with Gasteiger partial charge in [0.25, 0.3) is 5.91 Å². The number of hydrogen-bond donors (Lipinski definition) is 1. The molecule has 0 radical (unpaired) electrons. The summed E-state index contributed by atoms with van der Waals surface area (Å²) in [4.78, 5) is 25.3. The van der Waals surface area contributed by atoms with Crippen LogP contribution in [0.4, 0.5) is 5.69 Å². The van der Waals surface area contributed by atoms with Gasteiger partial charge in [-0.15, -0.1) is 0 Å². The van der Waals surface area contributed by atoms with Gasteiger partial charge in [-0.05, 0) is 37.0 Å². The molecule has 1 heterocycles. The lowest BCUT2D eigenvalue weighted by atomic mass is 9.97. The molecule has 0 aromatic heterocycles. The molecule has 0 spiro atoms. The van der Waals surface area contributed by atoms with Crippen molar-refractivity contribution >= 4 is 17.6 Å². The van der Waals surface area contributed by atoms with Crippen LogP contribution in [0.15, 0.2) is 18.2 Å². The molecule has 0 fully saturated rings. The molecule has 2 rings (SSSR count).